The molecule has 1 aromatic carbocycles. The number of rotatable bonds is 4. The Labute approximate surface area is 117 Å². The van der Waals surface area contributed by atoms with Gasteiger partial charge in [-0.15, -0.1) is 0 Å². The zero-order valence-corrected chi connectivity index (χ0v) is 12.1. The Hall–Kier alpha value is -0.690. The summed E-state index contributed by atoms with van der Waals surface area (Å²) in [5.41, 5.74) is 0. The minimum Gasteiger partial charge on any atom is -0.319 e. The summed E-state index contributed by atoms with van der Waals surface area (Å²) in [7, 11) is -2.03. The number of hydrogen-bond donors (Lipinski definition) is 1. The highest BCUT2D eigenvalue weighted by atomic mass is 35.5. The summed E-state index contributed by atoms with van der Waals surface area (Å²) in [5, 5.41) is 2.95. The van der Waals surface area contributed by atoms with Crippen molar-refractivity contribution in [3.8, 4) is 0 Å². The number of nitrogens with one attached hydrogen (secondary N) is 1. The fourth-order valence-electron chi connectivity index (χ4n) is 2.33. The highest BCUT2D eigenvalue weighted by Gasteiger charge is 2.35. The summed E-state index contributed by atoms with van der Waals surface area (Å²) in [4.78, 5) is -0.415. The summed E-state index contributed by atoms with van der Waals surface area (Å²) in [6, 6.07) is 3.89. The number of sulfonamides is 1. The molecular weight excluding hydrogens is 291 g/mol. The number of halogens is 2. The first-order valence-electron chi connectivity index (χ1n) is 6.05. The summed E-state index contributed by atoms with van der Waals surface area (Å²) < 4.78 is 39.9. The lowest BCUT2D eigenvalue weighted by Gasteiger charge is -2.17. The van der Waals surface area contributed by atoms with Crippen molar-refractivity contribution in [1.29, 1.82) is 0 Å². The lowest BCUT2D eigenvalue weighted by Crippen LogP contribution is -2.31. The molecule has 0 amide bonds. The van der Waals surface area contributed by atoms with E-state index < -0.39 is 20.7 Å². The van der Waals surface area contributed by atoms with Crippen LogP contribution < -0.4 is 5.32 Å². The van der Waals surface area contributed by atoms with E-state index in [-0.39, 0.29) is 10.9 Å². The van der Waals surface area contributed by atoms with Crippen LogP contribution in [0, 0.1) is 11.7 Å². The van der Waals surface area contributed by atoms with Crippen molar-refractivity contribution in [3.63, 3.8) is 0 Å². The van der Waals surface area contributed by atoms with Gasteiger partial charge in [0, 0.05) is 13.1 Å². The summed E-state index contributed by atoms with van der Waals surface area (Å²) >= 11 is 5.83. The van der Waals surface area contributed by atoms with Crippen LogP contribution >= 0.6 is 11.6 Å². The quantitative estimate of drug-likeness (QED) is 0.921. The van der Waals surface area contributed by atoms with E-state index in [1.165, 1.54) is 16.4 Å². The van der Waals surface area contributed by atoms with E-state index in [1.54, 1.807) is 0 Å². The molecule has 1 N–H and O–H groups in total. The van der Waals surface area contributed by atoms with Gasteiger partial charge < -0.3 is 5.32 Å². The van der Waals surface area contributed by atoms with Crippen LogP contribution in [0.15, 0.2) is 23.1 Å². The van der Waals surface area contributed by atoms with Gasteiger partial charge in [-0.25, -0.2) is 12.8 Å². The largest absolute Gasteiger partial charge is 0.319 e. The molecule has 1 aliphatic rings. The van der Waals surface area contributed by atoms with Gasteiger partial charge in [-0.1, -0.05) is 17.7 Å². The fraction of sp³-hybridized carbons (Fsp3) is 0.500. The third-order valence-corrected chi connectivity index (χ3v) is 5.63. The molecule has 1 atom stereocenters. The third-order valence-electron chi connectivity index (χ3n) is 3.26. The molecule has 0 saturated carbocycles. The zero-order chi connectivity index (χ0) is 14.0. The fourth-order valence-corrected chi connectivity index (χ4v) is 4.42. The van der Waals surface area contributed by atoms with E-state index in [0.29, 0.717) is 13.1 Å². The van der Waals surface area contributed by atoms with Crippen LogP contribution in [-0.4, -0.2) is 39.4 Å². The van der Waals surface area contributed by atoms with Gasteiger partial charge in [0.15, 0.2) is 0 Å². The van der Waals surface area contributed by atoms with E-state index in [1.807, 2.05) is 7.05 Å². The van der Waals surface area contributed by atoms with Crippen LogP contribution in [-0.2, 0) is 10.0 Å². The van der Waals surface area contributed by atoms with Crippen LogP contribution in [0.25, 0.3) is 0 Å². The first-order valence-corrected chi connectivity index (χ1v) is 7.87. The summed E-state index contributed by atoms with van der Waals surface area (Å²) in [6.07, 6.45) is 0.770. The van der Waals surface area contributed by atoms with E-state index in [2.05, 4.69) is 5.32 Å². The van der Waals surface area contributed by atoms with E-state index in [9.17, 15) is 12.8 Å². The molecule has 0 bridgehead atoms. The van der Waals surface area contributed by atoms with Gasteiger partial charge in [0.25, 0.3) is 0 Å². The molecule has 0 aromatic heterocycles. The Kier molecular flexibility index (Phi) is 4.45. The van der Waals surface area contributed by atoms with Gasteiger partial charge in [-0.05, 0) is 38.1 Å². The van der Waals surface area contributed by atoms with Crippen molar-refractivity contribution in [3.05, 3.63) is 29.0 Å². The SMILES string of the molecule is CNCC1CCN(S(=O)(=O)c2c(F)cccc2Cl)C1. The Morgan fingerprint density at radius 3 is 2.89 bits per heavy atom. The predicted octanol–water partition coefficient (Wildman–Crippen LogP) is 1.71. The summed E-state index contributed by atoms with van der Waals surface area (Å²) in [5.74, 6) is -0.546. The average molecular weight is 307 g/mol. The monoisotopic (exact) mass is 306 g/mol. The maximum Gasteiger partial charge on any atom is 0.247 e. The second-order valence-electron chi connectivity index (χ2n) is 4.63. The predicted molar refractivity (Wildman–Crippen MR) is 72.2 cm³/mol. The highest BCUT2D eigenvalue weighted by Crippen LogP contribution is 2.30. The summed E-state index contributed by atoms with van der Waals surface area (Å²) in [6.45, 7) is 1.55. The van der Waals surface area contributed by atoms with E-state index in [4.69, 9.17) is 11.6 Å². The smallest absolute Gasteiger partial charge is 0.247 e. The standard InChI is InChI=1S/C12H16ClFN2O2S/c1-15-7-9-5-6-16(8-9)19(17,18)12-10(13)3-2-4-11(12)14/h2-4,9,15H,5-8H2,1H3. The molecule has 1 saturated heterocycles. The number of hydrogen-bond acceptors (Lipinski definition) is 3. The first-order chi connectivity index (χ1) is 8.96. The van der Waals surface area contributed by atoms with Crippen molar-refractivity contribution in [2.24, 2.45) is 5.92 Å². The highest BCUT2D eigenvalue weighted by molar-refractivity contribution is 7.89. The molecule has 106 valence electrons. The van der Waals surface area contributed by atoms with Crippen molar-refractivity contribution >= 4 is 21.6 Å². The van der Waals surface area contributed by atoms with Gasteiger partial charge in [0.1, 0.15) is 10.7 Å². The molecule has 1 aromatic rings. The molecule has 0 spiro atoms. The Morgan fingerprint density at radius 1 is 1.53 bits per heavy atom. The molecule has 1 heterocycles. The Bertz CT molecular complexity index is 545. The third kappa shape index (κ3) is 2.91. The molecule has 0 radical (unpaired) electrons. The minimum atomic E-state index is -3.85. The molecule has 4 nitrogen and oxygen atoms in total. The van der Waals surface area contributed by atoms with Crippen molar-refractivity contribution in [2.75, 3.05) is 26.7 Å². The van der Waals surface area contributed by atoms with Crippen LogP contribution in [0.2, 0.25) is 5.02 Å². The normalized spacial score (nSPS) is 20.9. The van der Waals surface area contributed by atoms with Gasteiger partial charge in [-0.2, -0.15) is 4.31 Å². The number of nitrogens with zero attached hydrogens (tertiary/aromatic N) is 1. The lowest BCUT2D eigenvalue weighted by atomic mass is 10.1. The second-order valence-corrected chi connectivity index (χ2v) is 6.91. The van der Waals surface area contributed by atoms with Crippen LogP contribution in [0.5, 0.6) is 0 Å². The average Bonchev–Trinajstić information content (AvgIpc) is 2.78. The van der Waals surface area contributed by atoms with E-state index in [0.717, 1.165) is 19.0 Å². The van der Waals surface area contributed by atoms with Gasteiger partial charge in [-0.3, -0.25) is 0 Å². The van der Waals surface area contributed by atoms with Crippen molar-refractivity contribution < 1.29 is 12.8 Å². The van der Waals surface area contributed by atoms with E-state index >= 15 is 0 Å². The van der Waals surface area contributed by atoms with Crippen LogP contribution in [0.1, 0.15) is 6.42 Å². The van der Waals surface area contributed by atoms with Crippen molar-refractivity contribution in [1.82, 2.24) is 9.62 Å². The molecule has 1 aliphatic heterocycles. The molecule has 1 unspecified atom stereocenters. The lowest BCUT2D eigenvalue weighted by molar-refractivity contribution is 0.446. The molecule has 7 heteroatoms. The topological polar surface area (TPSA) is 49.4 Å². The Morgan fingerprint density at radius 2 is 2.26 bits per heavy atom. The molecular formula is C12H16ClFN2O2S. The maximum atomic E-state index is 13.7. The van der Waals surface area contributed by atoms with Gasteiger partial charge in [0.2, 0.25) is 10.0 Å². The molecule has 2 rings (SSSR count). The van der Waals surface area contributed by atoms with Gasteiger partial charge in [0.05, 0.1) is 5.02 Å². The first kappa shape index (κ1) is 14.7. The second kappa shape index (κ2) is 5.75. The van der Waals surface area contributed by atoms with Gasteiger partial charge >= 0.3 is 0 Å². The van der Waals surface area contributed by atoms with Crippen LogP contribution in [0.4, 0.5) is 4.39 Å². The van der Waals surface area contributed by atoms with Crippen molar-refractivity contribution in [2.45, 2.75) is 11.3 Å². The Balaban J connectivity index is 2.29. The maximum absolute atomic E-state index is 13.7. The molecule has 1 fully saturated rings. The zero-order valence-electron chi connectivity index (χ0n) is 10.6. The molecule has 19 heavy (non-hydrogen) atoms. The minimum absolute atomic E-state index is 0.0722. The van der Waals surface area contributed by atoms with Crippen LogP contribution in [0.3, 0.4) is 0 Å². The number of benzene rings is 1. The molecule has 0 aliphatic carbocycles.